The van der Waals surface area contributed by atoms with Crippen LogP contribution in [0.25, 0.3) is 0 Å². The average molecular weight is 264 g/mol. The summed E-state index contributed by atoms with van der Waals surface area (Å²) < 4.78 is 18.2. The normalized spacial score (nSPS) is 9.53. The molecule has 0 heterocycles. The number of ether oxygens (including phenoxy) is 1. The van der Waals surface area contributed by atoms with Crippen LogP contribution in [0, 0.1) is 17.1 Å². The highest BCUT2D eigenvalue weighted by Gasteiger charge is 2.11. The van der Waals surface area contributed by atoms with Crippen molar-refractivity contribution in [3.63, 3.8) is 0 Å². The number of carbonyl (C=O) groups excluding carboxylic acids is 2. The molecule has 0 radical (unpaired) electrons. The molecule has 0 fully saturated rings. The summed E-state index contributed by atoms with van der Waals surface area (Å²) in [4.78, 5) is 22.6. The van der Waals surface area contributed by atoms with Crippen LogP contribution in [0.2, 0.25) is 0 Å². The van der Waals surface area contributed by atoms with Gasteiger partial charge >= 0.3 is 0 Å². The zero-order chi connectivity index (χ0) is 14.3. The zero-order valence-electron chi connectivity index (χ0n) is 10.4. The summed E-state index contributed by atoms with van der Waals surface area (Å²) in [6, 6.07) is 5.39. The summed E-state index contributed by atoms with van der Waals surface area (Å²) in [6.45, 7) is 1.23. The van der Waals surface area contributed by atoms with Gasteiger partial charge in [-0.2, -0.15) is 5.26 Å². The van der Waals surface area contributed by atoms with Crippen LogP contribution >= 0.6 is 0 Å². The van der Waals surface area contributed by atoms with E-state index in [2.05, 4.69) is 5.32 Å². The van der Waals surface area contributed by atoms with E-state index in [0.717, 1.165) is 12.1 Å². The van der Waals surface area contributed by atoms with Crippen LogP contribution in [-0.4, -0.2) is 24.8 Å². The summed E-state index contributed by atoms with van der Waals surface area (Å²) >= 11 is 0. The largest absolute Gasteiger partial charge is 0.483 e. The number of ketones is 1. The van der Waals surface area contributed by atoms with Crippen molar-refractivity contribution >= 4 is 11.7 Å². The van der Waals surface area contributed by atoms with Gasteiger partial charge in [0.05, 0.1) is 18.1 Å². The van der Waals surface area contributed by atoms with Crippen LogP contribution in [0.3, 0.4) is 0 Å². The Morgan fingerprint density at radius 2 is 2.21 bits per heavy atom. The van der Waals surface area contributed by atoms with Crippen molar-refractivity contribution in [3.8, 4) is 11.8 Å². The van der Waals surface area contributed by atoms with Crippen molar-refractivity contribution < 1.29 is 18.7 Å². The fourth-order valence-corrected chi connectivity index (χ4v) is 1.36. The maximum Gasteiger partial charge on any atom is 0.257 e. The molecule has 0 aliphatic carbocycles. The number of hydrogen-bond acceptors (Lipinski definition) is 4. The van der Waals surface area contributed by atoms with Gasteiger partial charge in [-0.1, -0.05) is 0 Å². The van der Waals surface area contributed by atoms with Crippen LogP contribution in [0.15, 0.2) is 18.2 Å². The van der Waals surface area contributed by atoms with E-state index in [-0.39, 0.29) is 36.7 Å². The van der Waals surface area contributed by atoms with Crippen LogP contribution in [0.5, 0.6) is 5.75 Å². The Morgan fingerprint density at radius 3 is 2.84 bits per heavy atom. The van der Waals surface area contributed by atoms with E-state index in [1.165, 1.54) is 13.0 Å². The molecule has 0 saturated carbocycles. The number of nitriles is 1. The minimum Gasteiger partial charge on any atom is -0.483 e. The van der Waals surface area contributed by atoms with Gasteiger partial charge in [-0.05, 0) is 25.1 Å². The van der Waals surface area contributed by atoms with Gasteiger partial charge in [0.15, 0.2) is 12.4 Å². The number of nitrogens with zero attached hydrogens (tertiary/aromatic N) is 1. The molecule has 1 rings (SSSR count). The quantitative estimate of drug-likeness (QED) is 0.622. The molecule has 0 spiro atoms. The lowest BCUT2D eigenvalue weighted by atomic mass is 10.1. The number of carbonyl (C=O) groups is 2. The number of rotatable bonds is 6. The highest BCUT2D eigenvalue weighted by Crippen LogP contribution is 2.20. The number of amides is 1. The van der Waals surface area contributed by atoms with Crippen molar-refractivity contribution in [1.29, 1.82) is 5.26 Å². The third-order valence-electron chi connectivity index (χ3n) is 2.24. The molecule has 0 unspecified atom stereocenters. The Balaban J connectivity index is 2.60. The molecule has 1 aromatic rings. The number of benzene rings is 1. The Kier molecular flexibility index (Phi) is 5.48. The number of nitrogens with one attached hydrogen (secondary N) is 1. The summed E-state index contributed by atoms with van der Waals surface area (Å²) in [5, 5.41) is 10.8. The van der Waals surface area contributed by atoms with E-state index in [0.29, 0.717) is 0 Å². The molecular weight excluding hydrogens is 251 g/mol. The maximum atomic E-state index is 13.0. The van der Waals surface area contributed by atoms with Crippen LogP contribution in [-0.2, 0) is 4.79 Å². The number of halogens is 1. The second kappa shape index (κ2) is 7.11. The highest BCUT2D eigenvalue weighted by atomic mass is 19.1. The average Bonchev–Trinajstić information content (AvgIpc) is 2.37. The fraction of sp³-hybridized carbons (Fsp3) is 0.308. The molecule has 0 aliphatic rings. The van der Waals surface area contributed by atoms with Gasteiger partial charge in [-0.25, -0.2) is 4.39 Å². The molecule has 1 amide bonds. The van der Waals surface area contributed by atoms with Gasteiger partial charge < -0.3 is 10.1 Å². The lowest BCUT2D eigenvalue weighted by Gasteiger charge is -2.09. The van der Waals surface area contributed by atoms with E-state index < -0.39 is 11.7 Å². The lowest BCUT2D eigenvalue weighted by Crippen LogP contribution is -2.29. The van der Waals surface area contributed by atoms with Crippen molar-refractivity contribution in [2.24, 2.45) is 0 Å². The van der Waals surface area contributed by atoms with Crippen LogP contribution in [0.4, 0.5) is 4.39 Å². The van der Waals surface area contributed by atoms with Crippen molar-refractivity contribution in [1.82, 2.24) is 5.32 Å². The van der Waals surface area contributed by atoms with E-state index in [4.69, 9.17) is 10.00 Å². The van der Waals surface area contributed by atoms with Gasteiger partial charge in [0.2, 0.25) is 0 Å². The van der Waals surface area contributed by atoms with Crippen LogP contribution < -0.4 is 10.1 Å². The van der Waals surface area contributed by atoms with Gasteiger partial charge in [0, 0.05) is 6.54 Å². The summed E-state index contributed by atoms with van der Waals surface area (Å²) in [7, 11) is 0. The highest BCUT2D eigenvalue weighted by molar-refractivity contribution is 5.96. The summed E-state index contributed by atoms with van der Waals surface area (Å²) in [5.41, 5.74) is 0.0878. The molecule has 0 atom stereocenters. The molecule has 0 aliphatic heterocycles. The molecule has 6 heteroatoms. The molecular formula is C13H13FN2O3. The van der Waals surface area contributed by atoms with Gasteiger partial charge in [-0.15, -0.1) is 0 Å². The Hall–Kier alpha value is -2.42. The molecule has 1 N–H and O–H groups in total. The van der Waals surface area contributed by atoms with E-state index in [9.17, 15) is 14.0 Å². The van der Waals surface area contributed by atoms with E-state index in [1.807, 2.05) is 6.07 Å². The van der Waals surface area contributed by atoms with Crippen molar-refractivity contribution in [2.45, 2.75) is 13.3 Å². The molecule has 100 valence electrons. The molecule has 19 heavy (non-hydrogen) atoms. The molecule has 0 aromatic heterocycles. The minimum absolute atomic E-state index is 0.0878. The Bertz CT molecular complexity index is 523. The molecule has 1 aromatic carbocycles. The number of hydrogen-bond donors (Lipinski definition) is 1. The zero-order valence-corrected chi connectivity index (χ0v) is 10.4. The fourth-order valence-electron chi connectivity index (χ4n) is 1.36. The van der Waals surface area contributed by atoms with E-state index >= 15 is 0 Å². The summed E-state index contributed by atoms with van der Waals surface area (Å²) in [6.07, 6.45) is 0.209. The lowest BCUT2D eigenvalue weighted by molar-refractivity contribution is -0.123. The topological polar surface area (TPSA) is 79.2 Å². The van der Waals surface area contributed by atoms with Gasteiger partial charge in [-0.3, -0.25) is 9.59 Å². The van der Waals surface area contributed by atoms with Crippen molar-refractivity contribution in [2.75, 3.05) is 13.2 Å². The van der Waals surface area contributed by atoms with Gasteiger partial charge in [0.25, 0.3) is 5.91 Å². The first-order chi connectivity index (χ1) is 9.04. The SMILES string of the molecule is CC(=O)c1cc(F)ccc1OCC(=O)NCCC#N. The molecule has 0 bridgehead atoms. The Labute approximate surface area is 110 Å². The molecule has 5 nitrogen and oxygen atoms in total. The molecule has 0 saturated heterocycles. The van der Waals surface area contributed by atoms with Crippen LogP contribution in [0.1, 0.15) is 23.7 Å². The first-order valence-corrected chi connectivity index (χ1v) is 5.61. The number of Topliss-reactive ketones (excluding diaryl/α,β-unsaturated/α-hetero) is 1. The second-order valence-corrected chi connectivity index (χ2v) is 3.74. The third-order valence-corrected chi connectivity index (χ3v) is 2.24. The predicted octanol–water partition coefficient (Wildman–Crippen LogP) is 1.44. The Morgan fingerprint density at radius 1 is 1.47 bits per heavy atom. The third kappa shape index (κ3) is 4.76. The van der Waals surface area contributed by atoms with E-state index in [1.54, 1.807) is 0 Å². The summed E-state index contributed by atoms with van der Waals surface area (Å²) in [5.74, 6) is -1.14. The standard InChI is InChI=1S/C13H13FN2O3/c1-9(17)11-7-10(14)3-4-12(11)19-8-13(18)16-6-2-5-15/h3-4,7H,2,6,8H2,1H3,(H,16,18). The van der Waals surface area contributed by atoms with Gasteiger partial charge in [0.1, 0.15) is 11.6 Å². The predicted molar refractivity (Wildman–Crippen MR) is 65.1 cm³/mol. The monoisotopic (exact) mass is 264 g/mol. The smallest absolute Gasteiger partial charge is 0.257 e. The first-order valence-electron chi connectivity index (χ1n) is 5.61. The van der Waals surface area contributed by atoms with Crippen molar-refractivity contribution in [3.05, 3.63) is 29.6 Å². The second-order valence-electron chi connectivity index (χ2n) is 3.74. The minimum atomic E-state index is -0.545. The first kappa shape index (κ1) is 14.6. The maximum absolute atomic E-state index is 13.0.